The first-order valence-electron chi connectivity index (χ1n) is 6.75. The Morgan fingerprint density at radius 2 is 1.86 bits per heavy atom. The third kappa shape index (κ3) is 3.15. The highest BCUT2D eigenvalue weighted by atomic mass is 32.1. The van der Waals surface area contributed by atoms with Crippen LogP contribution in [0.2, 0.25) is 0 Å². The maximum Gasteiger partial charge on any atom is 0.355 e. The van der Waals surface area contributed by atoms with Crippen molar-refractivity contribution in [2.24, 2.45) is 0 Å². The molecule has 2 aromatic carbocycles. The molecule has 5 heteroatoms. The van der Waals surface area contributed by atoms with Gasteiger partial charge < -0.3 is 10.4 Å². The molecule has 0 saturated carbocycles. The van der Waals surface area contributed by atoms with Gasteiger partial charge in [0, 0.05) is 11.1 Å². The fourth-order valence-electron chi connectivity index (χ4n) is 2.15. The first kappa shape index (κ1) is 14.3. The van der Waals surface area contributed by atoms with E-state index in [2.05, 4.69) is 35.4 Å². The van der Waals surface area contributed by atoms with E-state index in [0.717, 1.165) is 16.8 Å². The van der Waals surface area contributed by atoms with E-state index in [1.165, 1.54) is 22.3 Å². The lowest BCUT2D eigenvalue weighted by atomic mass is 10.0. The zero-order valence-electron chi connectivity index (χ0n) is 11.9. The molecule has 0 atom stereocenters. The number of benzene rings is 2. The van der Waals surface area contributed by atoms with Crippen molar-refractivity contribution in [2.45, 2.75) is 6.92 Å². The van der Waals surface area contributed by atoms with Gasteiger partial charge in [0.25, 0.3) is 0 Å². The highest BCUT2D eigenvalue weighted by Crippen LogP contribution is 2.26. The quantitative estimate of drug-likeness (QED) is 0.741. The molecule has 3 rings (SSSR count). The van der Waals surface area contributed by atoms with Crippen molar-refractivity contribution in [1.29, 1.82) is 0 Å². The van der Waals surface area contributed by atoms with Crippen molar-refractivity contribution < 1.29 is 9.90 Å². The van der Waals surface area contributed by atoms with Crippen molar-refractivity contribution in [2.75, 3.05) is 5.32 Å². The lowest BCUT2D eigenvalue weighted by Gasteiger charge is -2.07. The van der Waals surface area contributed by atoms with E-state index >= 15 is 0 Å². The van der Waals surface area contributed by atoms with Crippen molar-refractivity contribution >= 4 is 28.1 Å². The Labute approximate surface area is 132 Å². The molecule has 0 fully saturated rings. The highest BCUT2D eigenvalue weighted by Gasteiger charge is 2.08. The van der Waals surface area contributed by atoms with E-state index < -0.39 is 5.97 Å². The number of aromatic nitrogens is 1. The Morgan fingerprint density at radius 3 is 2.55 bits per heavy atom. The summed E-state index contributed by atoms with van der Waals surface area (Å²) in [6.07, 6.45) is 0. The molecule has 1 heterocycles. The first-order valence-corrected chi connectivity index (χ1v) is 7.63. The molecule has 3 aromatic rings. The number of nitrogens with one attached hydrogen (secondary N) is 1. The van der Waals surface area contributed by atoms with Gasteiger partial charge in [-0.3, -0.25) is 0 Å². The summed E-state index contributed by atoms with van der Waals surface area (Å²) >= 11 is 1.27. The molecule has 0 amide bonds. The maximum absolute atomic E-state index is 10.9. The third-order valence-electron chi connectivity index (χ3n) is 3.19. The Balaban J connectivity index is 1.86. The monoisotopic (exact) mass is 310 g/mol. The molecule has 22 heavy (non-hydrogen) atoms. The van der Waals surface area contributed by atoms with E-state index in [1.807, 2.05) is 30.3 Å². The van der Waals surface area contributed by atoms with Crippen LogP contribution in [0, 0.1) is 6.92 Å². The molecule has 0 radical (unpaired) electrons. The third-order valence-corrected chi connectivity index (χ3v) is 3.95. The number of thiazole rings is 1. The molecule has 4 nitrogen and oxygen atoms in total. The van der Waals surface area contributed by atoms with E-state index in [0.29, 0.717) is 5.13 Å². The summed E-state index contributed by atoms with van der Waals surface area (Å²) < 4.78 is 0. The van der Waals surface area contributed by atoms with Crippen LogP contribution < -0.4 is 5.32 Å². The molecule has 0 aliphatic carbocycles. The molecule has 0 aliphatic heterocycles. The number of carbonyl (C=O) groups is 1. The summed E-state index contributed by atoms with van der Waals surface area (Å²) in [4.78, 5) is 14.9. The number of carboxylic acid groups (broad SMARTS) is 1. The Hall–Kier alpha value is -2.66. The van der Waals surface area contributed by atoms with Crippen LogP contribution in [0.1, 0.15) is 16.1 Å². The fraction of sp³-hybridized carbons (Fsp3) is 0.0588. The molecule has 0 bridgehead atoms. The summed E-state index contributed by atoms with van der Waals surface area (Å²) in [6.45, 7) is 2.06. The standard InChI is InChI=1S/C17H14N2O2S/c1-11-4-2-5-12(8-11)13-6-3-7-14(9-13)18-17-19-15(10-22-17)16(20)21/h2-10H,1H3,(H,18,19)(H,20,21). The van der Waals surface area contributed by atoms with Gasteiger partial charge >= 0.3 is 5.97 Å². The molecule has 0 spiro atoms. The van der Waals surface area contributed by atoms with Gasteiger partial charge in [0.05, 0.1) is 0 Å². The second kappa shape index (κ2) is 5.99. The van der Waals surface area contributed by atoms with Crippen LogP contribution >= 0.6 is 11.3 Å². The summed E-state index contributed by atoms with van der Waals surface area (Å²) in [5.74, 6) is -1.02. The molecule has 0 unspecified atom stereocenters. The van der Waals surface area contributed by atoms with Gasteiger partial charge in [-0.15, -0.1) is 11.3 Å². The summed E-state index contributed by atoms with van der Waals surface area (Å²) in [7, 11) is 0. The van der Waals surface area contributed by atoms with Gasteiger partial charge in [0.2, 0.25) is 0 Å². The second-order valence-corrected chi connectivity index (χ2v) is 5.78. The predicted molar refractivity (Wildman–Crippen MR) is 89.0 cm³/mol. The van der Waals surface area contributed by atoms with E-state index in [4.69, 9.17) is 5.11 Å². The van der Waals surface area contributed by atoms with Crippen LogP contribution in [0.3, 0.4) is 0 Å². The second-order valence-electron chi connectivity index (χ2n) is 4.92. The predicted octanol–water partition coefficient (Wildman–Crippen LogP) is 4.56. The van der Waals surface area contributed by atoms with Gasteiger partial charge in [-0.2, -0.15) is 0 Å². The van der Waals surface area contributed by atoms with E-state index in [9.17, 15) is 4.79 Å². The van der Waals surface area contributed by atoms with Crippen LogP contribution in [0.25, 0.3) is 11.1 Å². The Kier molecular flexibility index (Phi) is 3.89. The zero-order chi connectivity index (χ0) is 15.5. The Morgan fingerprint density at radius 1 is 1.14 bits per heavy atom. The van der Waals surface area contributed by atoms with Crippen molar-refractivity contribution in [1.82, 2.24) is 4.98 Å². The number of aryl methyl sites for hydroxylation is 1. The van der Waals surface area contributed by atoms with Crippen LogP contribution in [-0.4, -0.2) is 16.1 Å². The van der Waals surface area contributed by atoms with E-state index in [-0.39, 0.29) is 5.69 Å². The van der Waals surface area contributed by atoms with Gasteiger partial charge in [-0.1, -0.05) is 42.0 Å². The van der Waals surface area contributed by atoms with Crippen molar-refractivity contribution in [3.63, 3.8) is 0 Å². The lowest BCUT2D eigenvalue weighted by Crippen LogP contribution is -1.97. The summed E-state index contributed by atoms with van der Waals surface area (Å²) in [5, 5.41) is 14.1. The smallest absolute Gasteiger partial charge is 0.355 e. The normalized spacial score (nSPS) is 10.4. The number of hydrogen-bond acceptors (Lipinski definition) is 4. The van der Waals surface area contributed by atoms with Gasteiger partial charge in [0.1, 0.15) is 0 Å². The average molecular weight is 310 g/mol. The van der Waals surface area contributed by atoms with Gasteiger partial charge in [-0.25, -0.2) is 9.78 Å². The largest absolute Gasteiger partial charge is 0.476 e. The summed E-state index contributed by atoms with van der Waals surface area (Å²) in [5.41, 5.74) is 4.40. The number of nitrogens with zero attached hydrogens (tertiary/aromatic N) is 1. The van der Waals surface area contributed by atoms with Gasteiger partial charge in [0.15, 0.2) is 10.8 Å². The minimum Gasteiger partial charge on any atom is -0.476 e. The van der Waals surface area contributed by atoms with E-state index in [1.54, 1.807) is 0 Å². The number of aromatic carboxylic acids is 1. The molecule has 0 saturated heterocycles. The van der Waals surface area contributed by atoms with Crippen LogP contribution in [0.5, 0.6) is 0 Å². The van der Waals surface area contributed by atoms with Crippen LogP contribution in [0.15, 0.2) is 53.9 Å². The molecular weight excluding hydrogens is 296 g/mol. The van der Waals surface area contributed by atoms with Crippen LogP contribution in [-0.2, 0) is 0 Å². The number of hydrogen-bond donors (Lipinski definition) is 2. The minimum atomic E-state index is -1.02. The number of rotatable bonds is 4. The van der Waals surface area contributed by atoms with Crippen molar-refractivity contribution in [3.05, 3.63) is 65.2 Å². The fourth-order valence-corrected chi connectivity index (χ4v) is 2.86. The average Bonchev–Trinajstić information content (AvgIpc) is 2.96. The number of anilines is 2. The van der Waals surface area contributed by atoms with Crippen molar-refractivity contribution in [3.8, 4) is 11.1 Å². The SMILES string of the molecule is Cc1cccc(-c2cccc(Nc3nc(C(=O)O)cs3)c2)c1. The Bertz CT molecular complexity index is 827. The molecular formula is C17H14N2O2S. The van der Waals surface area contributed by atoms with Gasteiger partial charge in [-0.05, 0) is 30.2 Å². The summed E-state index contributed by atoms with van der Waals surface area (Å²) in [6, 6.07) is 16.3. The van der Waals surface area contributed by atoms with Crippen LogP contribution in [0.4, 0.5) is 10.8 Å². The molecule has 1 aromatic heterocycles. The minimum absolute atomic E-state index is 0.0577. The topological polar surface area (TPSA) is 62.2 Å². The number of carboxylic acids is 1. The maximum atomic E-state index is 10.9. The molecule has 110 valence electrons. The molecule has 0 aliphatic rings. The first-order chi connectivity index (χ1) is 10.6. The molecule has 2 N–H and O–H groups in total. The highest BCUT2D eigenvalue weighted by molar-refractivity contribution is 7.14. The lowest BCUT2D eigenvalue weighted by molar-refractivity contribution is 0.0691. The zero-order valence-corrected chi connectivity index (χ0v) is 12.7.